The van der Waals surface area contributed by atoms with Gasteiger partial charge in [0.2, 0.25) is 17.3 Å². The van der Waals surface area contributed by atoms with Gasteiger partial charge in [-0.1, -0.05) is 52.8 Å². The highest BCUT2D eigenvalue weighted by molar-refractivity contribution is 8.76. The standard InChI is InChI=1S/C54H56N6O15S2/c1-27-21-30(23-34(55)44(27)63)73-36-25-54(69,24-33-40(36)48(67)42-41(46(33)65)45(64)31-9-4-11-35(70-2)39(31)47(42)66)37(61)26-72-38(62)12-6-19-76-77-20-14-57-53(68)74-29-8-3-7-28(22-29)50-58-43-32-10-5-13-56-52(32)75-49(43)51(59-50)60-15-17-71-18-16-60/h3-5,7-11,13,22,27,30,34,36,44,63,65,67,69H,6,12,14-21,23-26,55H2,1-2H3,(H,57,68)/t27-,30?,34+,36?,44-,54+/m1/s1. The molecule has 1 amide bonds. The molecule has 2 fully saturated rings. The summed E-state index contributed by atoms with van der Waals surface area (Å²) < 4.78 is 34.4. The summed E-state index contributed by atoms with van der Waals surface area (Å²) in [5.41, 5.74) is 4.74. The molecule has 7 N–H and O–H groups in total. The van der Waals surface area contributed by atoms with Crippen LogP contribution >= 0.6 is 21.6 Å². The Bertz CT molecular complexity index is 3280. The number of aromatic nitrogens is 3. The molecule has 1 saturated carbocycles. The number of rotatable bonds is 17. The average Bonchev–Trinajstić information content (AvgIpc) is 3.83. The molecule has 1 saturated heterocycles. The second-order valence-electron chi connectivity index (χ2n) is 19.4. The molecule has 6 aromatic rings. The van der Waals surface area contributed by atoms with Gasteiger partial charge in [0.1, 0.15) is 34.1 Å². The van der Waals surface area contributed by atoms with Crippen LogP contribution in [0.1, 0.15) is 88.1 Å². The Morgan fingerprint density at radius 3 is 2.53 bits per heavy atom. The number of carbonyl (C=O) groups is 5. The predicted molar refractivity (Wildman–Crippen MR) is 283 cm³/mol. The fourth-order valence-corrected chi connectivity index (χ4v) is 12.5. The van der Waals surface area contributed by atoms with Crippen molar-refractivity contribution in [1.82, 2.24) is 20.3 Å². The van der Waals surface area contributed by atoms with Gasteiger partial charge in [-0.2, -0.15) is 0 Å². The lowest BCUT2D eigenvalue weighted by molar-refractivity contribution is -0.160. The number of anilines is 1. The van der Waals surface area contributed by atoms with Gasteiger partial charge in [-0.3, -0.25) is 19.2 Å². The number of aliphatic hydroxyl groups is 2. The molecule has 3 aromatic carbocycles. The average molecular weight is 1090 g/mol. The second-order valence-corrected chi connectivity index (χ2v) is 22.1. The molecular formula is C54H56N6O15S2. The maximum atomic E-state index is 14.1. The van der Waals surface area contributed by atoms with Crippen LogP contribution < -0.4 is 25.4 Å². The summed E-state index contributed by atoms with van der Waals surface area (Å²) in [5, 5.41) is 49.9. The number of fused-ring (bicyclic) bond motifs is 6. The minimum absolute atomic E-state index is 0.0457. The number of ketones is 3. The maximum Gasteiger partial charge on any atom is 0.412 e. The number of pyridine rings is 1. The van der Waals surface area contributed by atoms with E-state index in [9.17, 15) is 44.4 Å². The number of amides is 1. The van der Waals surface area contributed by atoms with Crippen LogP contribution in [0, 0.1) is 5.92 Å². The number of Topliss-reactive ketones (excluding diaryl/α,β-unsaturated/α-hetero) is 1. The quantitative estimate of drug-likeness (QED) is 0.0273. The summed E-state index contributed by atoms with van der Waals surface area (Å²) in [4.78, 5) is 83.8. The number of benzene rings is 3. The van der Waals surface area contributed by atoms with E-state index in [1.54, 1.807) is 31.3 Å². The molecule has 3 aromatic heterocycles. The Balaban J connectivity index is 0.709. The lowest BCUT2D eigenvalue weighted by Crippen LogP contribution is -2.50. The van der Waals surface area contributed by atoms with Gasteiger partial charge in [0.25, 0.3) is 0 Å². The van der Waals surface area contributed by atoms with Crippen molar-refractivity contribution in [3.63, 3.8) is 0 Å². The third-order valence-electron chi connectivity index (χ3n) is 14.3. The monoisotopic (exact) mass is 1090 g/mol. The first-order valence-electron chi connectivity index (χ1n) is 25.2. The van der Waals surface area contributed by atoms with Crippen LogP contribution in [0.2, 0.25) is 0 Å². The Kier molecular flexibility index (Phi) is 15.7. The maximum absolute atomic E-state index is 14.1. The normalized spacial score (nSPS) is 22.0. The van der Waals surface area contributed by atoms with Crippen LogP contribution in [0.3, 0.4) is 0 Å². The molecule has 0 radical (unpaired) electrons. The molecular weight excluding hydrogens is 1040 g/mol. The number of esters is 1. The number of hydrogen-bond donors (Lipinski definition) is 6. The highest BCUT2D eigenvalue weighted by Gasteiger charge is 2.50. The second kappa shape index (κ2) is 22.6. The predicted octanol–water partition coefficient (Wildman–Crippen LogP) is 5.75. The van der Waals surface area contributed by atoms with E-state index in [0.717, 1.165) is 5.39 Å². The van der Waals surface area contributed by atoms with Crippen molar-refractivity contribution in [3.05, 3.63) is 94.2 Å². The Labute approximate surface area is 448 Å². The van der Waals surface area contributed by atoms with E-state index >= 15 is 0 Å². The number of ether oxygens (including phenoxy) is 5. The van der Waals surface area contributed by atoms with Crippen LogP contribution in [0.4, 0.5) is 10.6 Å². The molecule has 23 heteroatoms. The smallest absolute Gasteiger partial charge is 0.412 e. The van der Waals surface area contributed by atoms with E-state index in [-0.39, 0.29) is 53.3 Å². The minimum Gasteiger partial charge on any atom is -0.507 e. The van der Waals surface area contributed by atoms with Crippen molar-refractivity contribution in [2.75, 3.05) is 63.0 Å². The fourth-order valence-electron chi connectivity index (χ4n) is 10.5. The van der Waals surface area contributed by atoms with Crippen molar-refractivity contribution < 1.29 is 72.5 Å². The van der Waals surface area contributed by atoms with Crippen molar-refractivity contribution in [2.45, 2.75) is 75.4 Å². The Hall–Kier alpha value is -6.86. The zero-order chi connectivity index (χ0) is 54.1. The zero-order valence-electron chi connectivity index (χ0n) is 42.0. The van der Waals surface area contributed by atoms with E-state index in [0.29, 0.717) is 90.4 Å². The molecule has 10 rings (SSSR count). The largest absolute Gasteiger partial charge is 0.507 e. The van der Waals surface area contributed by atoms with E-state index in [4.69, 9.17) is 43.8 Å². The number of hydrogen-bond acceptors (Lipinski definition) is 22. The van der Waals surface area contributed by atoms with Crippen molar-refractivity contribution in [2.24, 2.45) is 11.7 Å². The van der Waals surface area contributed by atoms with E-state index in [1.807, 2.05) is 18.2 Å². The van der Waals surface area contributed by atoms with Crippen LogP contribution in [-0.2, 0) is 30.2 Å². The van der Waals surface area contributed by atoms with Crippen LogP contribution in [0.5, 0.6) is 23.0 Å². The van der Waals surface area contributed by atoms with Gasteiger partial charge in [-0.05, 0) is 55.5 Å². The van der Waals surface area contributed by atoms with Gasteiger partial charge in [0, 0.05) is 84.9 Å². The molecule has 1 aliphatic heterocycles. The van der Waals surface area contributed by atoms with Crippen LogP contribution in [-0.4, -0.2) is 147 Å². The summed E-state index contributed by atoms with van der Waals surface area (Å²) in [7, 11) is 4.27. The summed E-state index contributed by atoms with van der Waals surface area (Å²) in [6, 6.07) is 14.4. The number of phenols is 2. The molecule has 3 aliphatic carbocycles. The molecule has 404 valence electrons. The Morgan fingerprint density at radius 2 is 1.74 bits per heavy atom. The molecule has 0 spiro atoms. The molecule has 77 heavy (non-hydrogen) atoms. The first-order chi connectivity index (χ1) is 37.1. The number of furan rings is 1. The van der Waals surface area contributed by atoms with Gasteiger partial charge in [0.05, 0.1) is 60.7 Å². The zero-order valence-corrected chi connectivity index (χ0v) is 43.7. The van der Waals surface area contributed by atoms with Gasteiger partial charge >= 0.3 is 12.1 Å². The van der Waals surface area contributed by atoms with Gasteiger partial charge < -0.3 is 64.5 Å². The van der Waals surface area contributed by atoms with Gasteiger partial charge in [0.15, 0.2) is 29.6 Å². The van der Waals surface area contributed by atoms with Crippen LogP contribution in [0.15, 0.2) is 65.2 Å². The third-order valence-corrected chi connectivity index (χ3v) is 16.8. The Morgan fingerprint density at radius 1 is 0.961 bits per heavy atom. The first-order valence-corrected chi connectivity index (χ1v) is 27.7. The molecule has 21 nitrogen and oxygen atoms in total. The van der Waals surface area contributed by atoms with E-state index < -0.39 is 101 Å². The molecule has 0 bridgehead atoms. The summed E-state index contributed by atoms with van der Waals surface area (Å²) in [6.45, 7) is 3.60. The number of carbonyl (C=O) groups excluding carboxylic acids is 5. The number of nitrogens with zero attached hydrogens (tertiary/aromatic N) is 4. The lowest BCUT2D eigenvalue weighted by atomic mass is 9.71. The highest BCUT2D eigenvalue weighted by atomic mass is 33.1. The minimum atomic E-state index is -2.33. The summed E-state index contributed by atoms with van der Waals surface area (Å²) in [6.07, 6.45) is -2.03. The number of phenolic OH excluding ortho intramolecular Hbond substituents is 2. The fraction of sp³-hybridized carbons (Fsp3) is 0.407. The molecule has 4 aliphatic rings. The lowest BCUT2D eigenvalue weighted by Gasteiger charge is -2.42. The van der Waals surface area contributed by atoms with Gasteiger partial charge in [-0.15, -0.1) is 0 Å². The number of methoxy groups -OCH3 is 1. The van der Waals surface area contributed by atoms with E-state index in [1.165, 1.54) is 46.9 Å². The third kappa shape index (κ3) is 10.8. The number of nitrogens with two attached hydrogens (primary N) is 1. The van der Waals surface area contributed by atoms with Crippen molar-refractivity contribution in [3.8, 4) is 34.4 Å². The van der Waals surface area contributed by atoms with Crippen LogP contribution in [0.25, 0.3) is 33.6 Å². The van der Waals surface area contributed by atoms with Crippen molar-refractivity contribution in [1.29, 1.82) is 0 Å². The summed E-state index contributed by atoms with van der Waals surface area (Å²) >= 11 is 0. The molecule has 2 unspecified atom stereocenters. The van der Waals surface area contributed by atoms with Gasteiger partial charge in [-0.25, -0.2) is 19.7 Å². The topological polar surface area (TPSA) is 306 Å². The number of nitrogens with one attached hydrogen (secondary N) is 1. The summed E-state index contributed by atoms with van der Waals surface area (Å²) in [5.74, 6) is -2.36. The van der Waals surface area contributed by atoms with E-state index in [2.05, 4.69) is 15.2 Å². The number of aliphatic hydroxyl groups excluding tert-OH is 1. The SMILES string of the molecule is COc1cccc2c1C(=O)c1c(O)c3c(c(O)c1C2=O)C[C@@](O)(C(=O)COC(=O)CCCSSCCNC(=O)Oc1cccc(-c2nc(N4CCOCC4)c4oc5ncccc5c4n2)c1)CC3OC1C[C@@H](C)[C@@H](O)[C@@H](N)C1. The first kappa shape index (κ1) is 53.5. The number of aromatic hydroxyl groups is 2. The number of morpholine rings is 1. The highest BCUT2D eigenvalue weighted by Crippen LogP contribution is 2.53. The van der Waals surface area contributed by atoms with Crippen molar-refractivity contribution >= 4 is 79.0 Å². The molecule has 4 heterocycles. The molecule has 6 atom stereocenters.